The third-order valence-corrected chi connectivity index (χ3v) is 3.51. The van der Waals surface area contributed by atoms with Crippen molar-refractivity contribution in [2.24, 2.45) is 0 Å². The van der Waals surface area contributed by atoms with E-state index >= 15 is 0 Å². The lowest BCUT2D eigenvalue weighted by atomic mass is 10.1. The number of hydrogen-bond donors (Lipinski definition) is 1. The molecule has 0 radical (unpaired) electrons. The van der Waals surface area contributed by atoms with Gasteiger partial charge in [0.1, 0.15) is 5.69 Å². The van der Waals surface area contributed by atoms with Crippen molar-refractivity contribution in [2.75, 3.05) is 25.2 Å². The fourth-order valence-corrected chi connectivity index (χ4v) is 2.26. The first-order chi connectivity index (χ1) is 9.54. The van der Waals surface area contributed by atoms with Gasteiger partial charge in [0.05, 0.1) is 17.6 Å². The van der Waals surface area contributed by atoms with E-state index in [1.54, 1.807) is 26.2 Å². The molecule has 0 aliphatic heterocycles. The molecule has 1 aromatic carbocycles. The van der Waals surface area contributed by atoms with Crippen LogP contribution in [0.25, 0.3) is 0 Å². The number of nitrogens with zero attached hydrogens (tertiary/aromatic N) is 2. The molecule has 0 saturated heterocycles. The summed E-state index contributed by atoms with van der Waals surface area (Å²) in [5, 5.41) is 20.9. The van der Waals surface area contributed by atoms with Gasteiger partial charge in [-0.2, -0.15) is 0 Å². The SMILES string of the molecule is COCCN(c1ccc([C@H](C)O)cc1[N+](=O)[O-])C1CC1. The van der Waals surface area contributed by atoms with Crippen LogP contribution in [0.15, 0.2) is 18.2 Å². The maximum Gasteiger partial charge on any atom is 0.292 e. The summed E-state index contributed by atoms with van der Waals surface area (Å²) in [6.07, 6.45) is 1.40. The molecule has 1 saturated carbocycles. The summed E-state index contributed by atoms with van der Waals surface area (Å²) in [6, 6.07) is 5.30. The molecule has 0 spiro atoms. The van der Waals surface area contributed by atoms with E-state index in [1.807, 2.05) is 4.90 Å². The van der Waals surface area contributed by atoms with Crippen LogP contribution in [0.3, 0.4) is 0 Å². The molecule has 0 amide bonds. The fraction of sp³-hybridized carbons (Fsp3) is 0.571. The summed E-state index contributed by atoms with van der Waals surface area (Å²) in [5.74, 6) is 0. The highest BCUT2D eigenvalue weighted by molar-refractivity contribution is 5.65. The van der Waals surface area contributed by atoms with Crippen molar-refractivity contribution in [3.8, 4) is 0 Å². The van der Waals surface area contributed by atoms with Crippen LogP contribution in [0.5, 0.6) is 0 Å². The summed E-state index contributed by atoms with van der Waals surface area (Å²) in [6.45, 7) is 2.77. The maximum atomic E-state index is 11.3. The number of aliphatic hydroxyl groups excluding tert-OH is 1. The van der Waals surface area contributed by atoms with Gasteiger partial charge in [-0.15, -0.1) is 0 Å². The predicted octanol–water partition coefficient (Wildman–Crippen LogP) is 2.26. The Labute approximate surface area is 118 Å². The summed E-state index contributed by atoms with van der Waals surface area (Å²) < 4.78 is 5.08. The number of aliphatic hydroxyl groups is 1. The van der Waals surface area contributed by atoms with Gasteiger partial charge in [0.25, 0.3) is 5.69 Å². The Bertz CT molecular complexity index is 486. The highest BCUT2D eigenvalue weighted by Gasteiger charge is 2.32. The first kappa shape index (κ1) is 14.7. The van der Waals surface area contributed by atoms with E-state index < -0.39 is 6.10 Å². The van der Waals surface area contributed by atoms with Crippen molar-refractivity contribution in [3.05, 3.63) is 33.9 Å². The second kappa shape index (κ2) is 6.19. The number of anilines is 1. The van der Waals surface area contributed by atoms with E-state index in [4.69, 9.17) is 4.74 Å². The Morgan fingerprint density at radius 2 is 2.25 bits per heavy atom. The number of nitro groups is 1. The van der Waals surface area contributed by atoms with Crippen molar-refractivity contribution in [2.45, 2.75) is 31.9 Å². The third kappa shape index (κ3) is 3.26. The number of rotatable bonds is 7. The monoisotopic (exact) mass is 280 g/mol. The molecule has 110 valence electrons. The predicted molar refractivity (Wildman–Crippen MR) is 76.0 cm³/mol. The Morgan fingerprint density at radius 1 is 1.55 bits per heavy atom. The highest BCUT2D eigenvalue weighted by Crippen LogP contribution is 2.37. The molecule has 1 atom stereocenters. The quantitative estimate of drug-likeness (QED) is 0.612. The number of benzene rings is 1. The van der Waals surface area contributed by atoms with E-state index in [9.17, 15) is 15.2 Å². The smallest absolute Gasteiger partial charge is 0.292 e. The summed E-state index contributed by atoms with van der Waals surface area (Å²) in [7, 11) is 1.62. The largest absolute Gasteiger partial charge is 0.389 e. The molecule has 0 heterocycles. The van der Waals surface area contributed by atoms with Gasteiger partial charge in [-0.05, 0) is 31.4 Å². The minimum atomic E-state index is -0.712. The molecule has 2 rings (SSSR count). The molecule has 1 aliphatic carbocycles. The van der Waals surface area contributed by atoms with Gasteiger partial charge in [0.15, 0.2) is 0 Å². The lowest BCUT2D eigenvalue weighted by molar-refractivity contribution is -0.384. The maximum absolute atomic E-state index is 11.3. The van der Waals surface area contributed by atoms with Gasteiger partial charge in [-0.25, -0.2) is 0 Å². The second-order valence-electron chi connectivity index (χ2n) is 5.10. The molecule has 6 nitrogen and oxygen atoms in total. The van der Waals surface area contributed by atoms with Crippen LogP contribution < -0.4 is 4.90 Å². The van der Waals surface area contributed by atoms with Gasteiger partial charge in [0, 0.05) is 25.8 Å². The molecule has 20 heavy (non-hydrogen) atoms. The molecule has 6 heteroatoms. The molecule has 1 fully saturated rings. The van der Waals surface area contributed by atoms with Crippen molar-refractivity contribution in [3.63, 3.8) is 0 Å². The van der Waals surface area contributed by atoms with Crippen LogP contribution in [0.4, 0.5) is 11.4 Å². The van der Waals surface area contributed by atoms with Crippen molar-refractivity contribution < 1.29 is 14.8 Å². The zero-order valence-corrected chi connectivity index (χ0v) is 11.8. The molecular weight excluding hydrogens is 260 g/mol. The second-order valence-corrected chi connectivity index (χ2v) is 5.10. The Hall–Kier alpha value is -1.66. The molecule has 0 unspecified atom stereocenters. The average molecular weight is 280 g/mol. The molecule has 1 aliphatic rings. The van der Waals surface area contributed by atoms with Gasteiger partial charge >= 0.3 is 0 Å². The Balaban J connectivity index is 2.34. The van der Waals surface area contributed by atoms with Crippen LogP contribution in [-0.2, 0) is 4.74 Å². The van der Waals surface area contributed by atoms with Crippen molar-refractivity contribution in [1.82, 2.24) is 0 Å². The van der Waals surface area contributed by atoms with Crippen LogP contribution in [0.1, 0.15) is 31.4 Å². The number of hydrogen-bond acceptors (Lipinski definition) is 5. The minimum Gasteiger partial charge on any atom is -0.389 e. The normalized spacial score (nSPS) is 15.9. The summed E-state index contributed by atoms with van der Waals surface area (Å²) in [4.78, 5) is 12.9. The number of nitro benzene ring substituents is 1. The van der Waals surface area contributed by atoms with Gasteiger partial charge in [-0.1, -0.05) is 6.07 Å². The lowest BCUT2D eigenvalue weighted by Crippen LogP contribution is -2.30. The molecule has 1 N–H and O–H groups in total. The van der Waals surface area contributed by atoms with Crippen molar-refractivity contribution >= 4 is 11.4 Å². The zero-order chi connectivity index (χ0) is 14.7. The van der Waals surface area contributed by atoms with Crippen LogP contribution in [0, 0.1) is 10.1 Å². The molecule has 0 aromatic heterocycles. The zero-order valence-electron chi connectivity index (χ0n) is 11.8. The van der Waals surface area contributed by atoms with Crippen LogP contribution in [0.2, 0.25) is 0 Å². The van der Waals surface area contributed by atoms with E-state index in [0.29, 0.717) is 30.4 Å². The topological polar surface area (TPSA) is 75.8 Å². The summed E-state index contributed by atoms with van der Waals surface area (Å²) >= 11 is 0. The van der Waals surface area contributed by atoms with Gasteiger partial charge < -0.3 is 14.7 Å². The standard InChI is InChI=1S/C14H20N2O4/c1-10(17)11-3-6-13(14(9-11)16(18)19)15(7-8-20-2)12-4-5-12/h3,6,9-10,12,17H,4-5,7-8H2,1-2H3/t10-/m0/s1. The van der Waals surface area contributed by atoms with Gasteiger partial charge in [-0.3, -0.25) is 10.1 Å². The van der Waals surface area contributed by atoms with E-state index in [-0.39, 0.29) is 10.6 Å². The third-order valence-electron chi connectivity index (χ3n) is 3.51. The van der Waals surface area contributed by atoms with Crippen LogP contribution >= 0.6 is 0 Å². The fourth-order valence-electron chi connectivity index (χ4n) is 2.26. The Morgan fingerprint density at radius 3 is 2.75 bits per heavy atom. The molecule has 1 aromatic rings. The first-order valence-corrected chi connectivity index (χ1v) is 6.76. The van der Waals surface area contributed by atoms with E-state index in [0.717, 1.165) is 12.8 Å². The first-order valence-electron chi connectivity index (χ1n) is 6.76. The van der Waals surface area contributed by atoms with E-state index in [1.165, 1.54) is 6.07 Å². The average Bonchev–Trinajstić information content (AvgIpc) is 3.23. The highest BCUT2D eigenvalue weighted by atomic mass is 16.6. The Kier molecular flexibility index (Phi) is 4.57. The molecule has 0 bridgehead atoms. The van der Waals surface area contributed by atoms with Crippen LogP contribution in [-0.4, -0.2) is 36.3 Å². The molecular formula is C14H20N2O4. The van der Waals surface area contributed by atoms with Crippen molar-refractivity contribution in [1.29, 1.82) is 0 Å². The lowest BCUT2D eigenvalue weighted by Gasteiger charge is -2.24. The summed E-state index contributed by atoms with van der Waals surface area (Å²) in [5.41, 5.74) is 1.22. The number of methoxy groups -OCH3 is 1. The van der Waals surface area contributed by atoms with E-state index in [2.05, 4.69) is 0 Å². The number of ether oxygens (including phenoxy) is 1. The minimum absolute atomic E-state index is 0.0476. The van der Waals surface area contributed by atoms with Gasteiger partial charge in [0.2, 0.25) is 0 Å².